The van der Waals surface area contributed by atoms with Gasteiger partial charge >= 0.3 is 0 Å². The molecule has 0 aliphatic carbocycles. The standard InChI is InChI=1S/C10H9FN2OS2/c1-6(14)7-2-3-9(8(11)4-7)15-10-12-5-13-16-10/h2-6,14H,1H3/t6-/m0/s1. The third-order valence-corrected chi connectivity index (χ3v) is 3.74. The van der Waals surface area contributed by atoms with Crippen molar-refractivity contribution in [1.29, 1.82) is 0 Å². The minimum atomic E-state index is -0.657. The lowest BCUT2D eigenvalue weighted by Gasteiger charge is -2.06. The van der Waals surface area contributed by atoms with Crippen LogP contribution < -0.4 is 0 Å². The Labute approximate surface area is 101 Å². The molecule has 1 aromatic carbocycles. The smallest absolute Gasteiger partial charge is 0.174 e. The van der Waals surface area contributed by atoms with Gasteiger partial charge < -0.3 is 5.11 Å². The molecule has 0 amide bonds. The molecule has 0 spiro atoms. The van der Waals surface area contributed by atoms with Crippen molar-refractivity contribution in [2.45, 2.75) is 22.3 Å². The topological polar surface area (TPSA) is 46.0 Å². The zero-order valence-electron chi connectivity index (χ0n) is 8.42. The van der Waals surface area contributed by atoms with Gasteiger partial charge in [-0.1, -0.05) is 17.8 Å². The summed E-state index contributed by atoms with van der Waals surface area (Å²) in [6.07, 6.45) is 0.782. The Balaban J connectivity index is 2.23. The Kier molecular flexibility index (Phi) is 3.52. The van der Waals surface area contributed by atoms with Gasteiger partial charge in [0.2, 0.25) is 0 Å². The minimum absolute atomic E-state index is 0.349. The van der Waals surface area contributed by atoms with Crippen molar-refractivity contribution >= 4 is 23.3 Å². The summed E-state index contributed by atoms with van der Waals surface area (Å²) < 4.78 is 18.2. The second kappa shape index (κ2) is 4.90. The molecule has 0 fully saturated rings. The average molecular weight is 256 g/mol. The van der Waals surface area contributed by atoms with Gasteiger partial charge in [0.15, 0.2) is 4.34 Å². The highest BCUT2D eigenvalue weighted by molar-refractivity contribution is 8.01. The number of nitrogens with zero attached hydrogens (tertiary/aromatic N) is 2. The predicted octanol–water partition coefficient (Wildman–Crippen LogP) is 2.88. The molecule has 84 valence electrons. The van der Waals surface area contributed by atoms with Gasteiger partial charge in [0.05, 0.1) is 11.0 Å². The Morgan fingerprint density at radius 2 is 2.31 bits per heavy atom. The molecule has 6 heteroatoms. The van der Waals surface area contributed by atoms with Gasteiger partial charge in [-0.2, -0.15) is 4.37 Å². The normalized spacial score (nSPS) is 12.7. The molecule has 2 rings (SSSR count). The number of rotatable bonds is 3. The van der Waals surface area contributed by atoms with Crippen molar-refractivity contribution in [2.75, 3.05) is 0 Å². The second-order valence-electron chi connectivity index (χ2n) is 3.18. The van der Waals surface area contributed by atoms with E-state index in [2.05, 4.69) is 9.36 Å². The lowest BCUT2D eigenvalue weighted by molar-refractivity contribution is 0.198. The molecule has 0 radical (unpaired) electrons. The monoisotopic (exact) mass is 256 g/mol. The van der Waals surface area contributed by atoms with Gasteiger partial charge in [0.25, 0.3) is 0 Å². The molecule has 16 heavy (non-hydrogen) atoms. The van der Waals surface area contributed by atoms with Gasteiger partial charge in [-0.25, -0.2) is 9.37 Å². The van der Waals surface area contributed by atoms with Gasteiger partial charge in [0, 0.05) is 0 Å². The molecule has 3 nitrogen and oxygen atoms in total. The molecule has 1 N–H and O–H groups in total. The number of aliphatic hydroxyl groups excluding tert-OH is 1. The summed E-state index contributed by atoms with van der Waals surface area (Å²) in [6, 6.07) is 4.69. The maximum atomic E-state index is 13.6. The first-order valence-corrected chi connectivity index (χ1v) is 6.18. The first-order chi connectivity index (χ1) is 7.66. The maximum absolute atomic E-state index is 13.6. The van der Waals surface area contributed by atoms with E-state index < -0.39 is 6.10 Å². The first-order valence-electron chi connectivity index (χ1n) is 4.59. The lowest BCUT2D eigenvalue weighted by Crippen LogP contribution is -1.92. The van der Waals surface area contributed by atoms with E-state index in [4.69, 9.17) is 0 Å². The zero-order chi connectivity index (χ0) is 11.5. The van der Waals surface area contributed by atoms with E-state index in [1.165, 1.54) is 35.7 Å². The molecular formula is C10H9FN2OS2. The summed E-state index contributed by atoms with van der Waals surface area (Å²) in [6.45, 7) is 1.60. The van der Waals surface area contributed by atoms with Crippen LogP contribution in [0.2, 0.25) is 0 Å². The van der Waals surface area contributed by atoms with E-state index in [1.54, 1.807) is 19.1 Å². The fourth-order valence-corrected chi connectivity index (χ4v) is 2.57. The van der Waals surface area contributed by atoms with Crippen LogP contribution >= 0.6 is 23.3 Å². The molecule has 0 saturated heterocycles. The quantitative estimate of drug-likeness (QED) is 0.917. The summed E-state index contributed by atoms with van der Waals surface area (Å²) in [4.78, 5) is 4.45. The highest BCUT2D eigenvalue weighted by atomic mass is 32.2. The molecular weight excluding hydrogens is 247 g/mol. The maximum Gasteiger partial charge on any atom is 0.174 e. The fraction of sp³-hybridized carbons (Fsp3) is 0.200. The van der Waals surface area contributed by atoms with Crippen molar-refractivity contribution in [3.63, 3.8) is 0 Å². The number of hydrogen-bond acceptors (Lipinski definition) is 5. The fourth-order valence-electron chi connectivity index (χ4n) is 1.16. The molecule has 0 bridgehead atoms. The second-order valence-corrected chi connectivity index (χ2v) is 5.24. The number of halogens is 1. The first kappa shape index (κ1) is 11.5. The summed E-state index contributed by atoms with van der Waals surface area (Å²) in [5, 5.41) is 9.30. The Morgan fingerprint density at radius 1 is 1.50 bits per heavy atom. The van der Waals surface area contributed by atoms with Crippen molar-refractivity contribution in [3.05, 3.63) is 35.9 Å². The van der Waals surface area contributed by atoms with Crippen LogP contribution in [0.15, 0.2) is 33.8 Å². The van der Waals surface area contributed by atoms with Crippen LogP contribution in [0.25, 0.3) is 0 Å². The van der Waals surface area contributed by atoms with Crippen molar-refractivity contribution < 1.29 is 9.50 Å². The molecule has 1 atom stereocenters. The lowest BCUT2D eigenvalue weighted by atomic mass is 10.1. The third-order valence-electron chi connectivity index (χ3n) is 1.98. The van der Waals surface area contributed by atoms with Crippen LogP contribution in [0.4, 0.5) is 4.39 Å². The largest absolute Gasteiger partial charge is 0.389 e. The van der Waals surface area contributed by atoms with E-state index in [1.807, 2.05) is 0 Å². The van der Waals surface area contributed by atoms with E-state index >= 15 is 0 Å². The van der Waals surface area contributed by atoms with Crippen LogP contribution in [0.5, 0.6) is 0 Å². The summed E-state index contributed by atoms with van der Waals surface area (Å²) >= 11 is 2.45. The average Bonchev–Trinajstić information content (AvgIpc) is 2.73. The highest BCUT2D eigenvalue weighted by Gasteiger charge is 2.09. The highest BCUT2D eigenvalue weighted by Crippen LogP contribution is 2.31. The third kappa shape index (κ3) is 2.58. The van der Waals surface area contributed by atoms with Crippen molar-refractivity contribution in [2.24, 2.45) is 0 Å². The molecule has 0 aliphatic heterocycles. The number of aliphatic hydroxyl groups is 1. The molecule has 1 aromatic heterocycles. The van der Waals surface area contributed by atoms with Gasteiger partial charge in [-0.3, -0.25) is 0 Å². The Bertz CT molecular complexity index is 474. The van der Waals surface area contributed by atoms with E-state index in [0.717, 1.165) is 0 Å². The van der Waals surface area contributed by atoms with Crippen LogP contribution in [0, 0.1) is 5.82 Å². The van der Waals surface area contributed by atoms with Crippen LogP contribution in [-0.2, 0) is 0 Å². The van der Waals surface area contributed by atoms with E-state index in [0.29, 0.717) is 14.8 Å². The van der Waals surface area contributed by atoms with Crippen LogP contribution in [0.3, 0.4) is 0 Å². The SMILES string of the molecule is C[C@H](O)c1ccc(Sc2ncns2)c(F)c1. The Hall–Kier alpha value is -0.980. The molecule has 1 heterocycles. The van der Waals surface area contributed by atoms with Crippen LogP contribution in [0.1, 0.15) is 18.6 Å². The number of benzene rings is 1. The molecule has 0 aliphatic rings. The predicted molar refractivity (Wildman–Crippen MR) is 61.1 cm³/mol. The molecule has 0 unspecified atom stereocenters. The summed E-state index contributed by atoms with van der Waals surface area (Å²) in [7, 11) is 0. The minimum Gasteiger partial charge on any atom is -0.389 e. The molecule has 2 aromatic rings. The zero-order valence-corrected chi connectivity index (χ0v) is 10.1. The van der Waals surface area contributed by atoms with Crippen molar-refractivity contribution in [1.82, 2.24) is 9.36 Å². The van der Waals surface area contributed by atoms with Gasteiger partial charge in [0.1, 0.15) is 12.1 Å². The Morgan fingerprint density at radius 3 is 2.88 bits per heavy atom. The summed E-state index contributed by atoms with van der Waals surface area (Å²) in [5.41, 5.74) is 0.569. The van der Waals surface area contributed by atoms with E-state index in [-0.39, 0.29) is 5.82 Å². The van der Waals surface area contributed by atoms with Crippen LogP contribution in [-0.4, -0.2) is 14.5 Å². The van der Waals surface area contributed by atoms with E-state index in [9.17, 15) is 9.50 Å². The van der Waals surface area contributed by atoms with Gasteiger partial charge in [-0.05, 0) is 36.2 Å². The summed E-state index contributed by atoms with van der Waals surface area (Å²) in [5.74, 6) is -0.349. The number of aromatic nitrogens is 2. The van der Waals surface area contributed by atoms with Gasteiger partial charge in [-0.15, -0.1) is 0 Å². The molecule has 0 saturated carbocycles. The number of hydrogen-bond donors (Lipinski definition) is 1. The van der Waals surface area contributed by atoms with Crippen molar-refractivity contribution in [3.8, 4) is 0 Å².